The topological polar surface area (TPSA) is 62.2 Å². The summed E-state index contributed by atoms with van der Waals surface area (Å²) in [5, 5.41) is 8.80. The van der Waals surface area contributed by atoms with Crippen molar-refractivity contribution >= 4 is 5.97 Å². The van der Waals surface area contributed by atoms with Gasteiger partial charge in [-0.05, 0) is 31.7 Å². The van der Waals surface area contributed by atoms with Crippen molar-refractivity contribution in [3.63, 3.8) is 0 Å². The number of alkyl halides is 3. The van der Waals surface area contributed by atoms with E-state index in [9.17, 15) is 18.0 Å². The number of halogens is 3. The second kappa shape index (κ2) is 9.91. The predicted molar refractivity (Wildman–Crippen MR) is 92.9 cm³/mol. The number of nitrogens with zero attached hydrogens (tertiary/aromatic N) is 2. The summed E-state index contributed by atoms with van der Waals surface area (Å²) in [6, 6.07) is 4.86. The fourth-order valence-corrected chi connectivity index (χ4v) is 2.98. The molecule has 0 saturated carbocycles. The first-order valence-corrected chi connectivity index (χ1v) is 8.78. The normalized spacial score (nSPS) is 18.6. The summed E-state index contributed by atoms with van der Waals surface area (Å²) in [5.74, 6) is -0.670. The zero-order chi connectivity index (χ0) is 19.9. The Hall–Kier alpha value is -1.84. The van der Waals surface area contributed by atoms with Crippen LogP contribution >= 0.6 is 0 Å². The molecule has 1 N–H and O–H groups in total. The highest BCUT2D eigenvalue weighted by molar-refractivity contribution is 5.69. The zero-order valence-corrected chi connectivity index (χ0v) is 15.2. The highest BCUT2D eigenvalue weighted by Gasteiger charge is 2.30. The Balaban J connectivity index is 1.70. The monoisotopic (exact) mass is 390 g/mol. The minimum absolute atomic E-state index is 0.0370. The van der Waals surface area contributed by atoms with Crippen molar-refractivity contribution in [3.05, 3.63) is 29.8 Å². The molecule has 0 bridgehead atoms. The number of morpholine rings is 1. The maximum atomic E-state index is 12.7. The van der Waals surface area contributed by atoms with Crippen LogP contribution in [0.2, 0.25) is 0 Å². The average Bonchev–Trinajstić information content (AvgIpc) is 2.58. The summed E-state index contributed by atoms with van der Waals surface area (Å²) in [5.41, 5.74) is -0.721. The molecule has 1 unspecified atom stereocenters. The van der Waals surface area contributed by atoms with E-state index >= 15 is 0 Å². The third-order valence-corrected chi connectivity index (χ3v) is 4.19. The van der Waals surface area contributed by atoms with Gasteiger partial charge in [0.05, 0.1) is 31.4 Å². The van der Waals surface area contributed by atoms with Crippen molar-refractivity contribution < 1.29 is 32.5 Å². The van der Waals surface area contributed by atoms with Gasteiger partial charge in [-0.1, -0.05) is 6.07 Å². The van der Waals surface area contributed by atoms with Crippen LogP contribution < -0.4 is 4.74 Å². The lowest BCUT2D eigenvalue weighted by atomic mass is 10.2. The van der Waals surface area contributed by atoms with Crippen LogP contribution in [-0.4, -0.2) is 80.0 Å². The van der Waals surface area contributed by atoms with E-state index in [1.54, 1.807) is 11.9 Å². The maximum absolute atomic E-state index is 12.7. The number of likely N-dealkylation sites (N-methyl/N-ethyl adjacent to an activating group) is 1. The molecule has 6 nitrogen and oxygen atoms in total. The zero-order valence-electron chi connectivity index (χ0n) is 15.2. The molecular formula is C18H25F3N2O4. The lowest BCUT2D eigenvalue weighted by Gasteiger charge is -2.34. The second-order valence-corrected chi connectivity index (χ2v) is 6.61. The molecule has 0 aliphatic carbocycles. The minimum Gasteiger partial charge on any atom is -0.494 e. The molecule has 9 heteroatoms. The molecule has 0 aromatic heterocycles. The van der Waals surface area contributed by atoms with E-state index in [-0.39, 0.29) is 18.4 Å². The van der Waals surface area contributed by atoms with E-state index in [0.29, 0.717) is 32.7 Å². The highest BCUT2D eigenvalue weighted by atomic mass is 19.4. The van der Waals surface area contributed by atoms with Gasteiger partial charge in [-0.15, -0.1) is 0 Å². The number of carboxylic acid groups (broad SMARTS) is 1. The molecule has 0 spiro atoms. The van der Waals surface area contributed by atoms with Crippen LogP contribution in [0, 0.1) is 0 Å². The van der Waals surface area contributed by atoms with Crippen molar-refractivity contribution in [1.82, 2.24) is 9.80 Å². The molecule has 2 rings (SSSR count). The lowest BCUT2D eigenvalue weighted by Crippen LogP contribution is -2.47. The highest BCUT2D eigenvalue weighted by Crippen LogP contribution is 2.31. The first kappa shape index (κ1) is 21.5. The Morgan fingerprint density at radius 3 is 2.93 bits per heavy atom. The molecule has 1 fully saturated rings. The molecule has 1 heterocycles. The van der Waals surface area contributed by atoms with Crippen LogP contribution in [0.4, 0.5) is 13.2 Å². The van der Waals surface area contributed by atoms with Crippen LogP contribution in [0.3, 0.4) is 0 Å². The molecule has 1 aliphatic rings. The number of carbonyl (C=O) groups is 1. The van der Waals surface area contributed by atoms with Crippen LogP contribution in [0.15, 0.2) is 24.3 Å². The standard InChI is InChI=1S/C18H25F3N2O4/c1-22(13-17(24)25)11-16-12-23(7-9-27-16)6-3-8-26-15-5-2-4-14(10-15)18(19,20)21/h2,4-5,10,16H,3,6-9,11-13H2,1H3,(H,24,25). The van der Waals surface area contributed by atoms with Gasteiger partial charge in [-0.25, -0.2) is 0 Å². The maximum Gasteiger partial charge on any atom is 0.416 e. The van der Waals surface area contributed by atoms with Crippen molar-refractivity contribution in [3.8, 4) is 5.75 Å². The SMILES string of the molecule is CN(CC(=O)O)CC1CN(CCCOc2cccc(C(F)(F)F)c2)CCO1. The quantitative estimate of drug-likeness (QED) is 0.653. The van der Waals surface area contributed by atoms with E-state index in [0.717, 1.165) is 25.2 Å². The number of benzene rings is 1. The third-order valence-electron chi connectivity index (χ3n) is 4.19. The lowest BCUT2D eigenvalue weighted by molar-refractivity contribution is -0.139. The molecule has 0 radical (unpaired) electrons. The van der Waals surface area contributed by atoms with Crippen LogP contribution in [0.5, 0.6) is 5.75 Å². The summed E-state index contributed by atoms with van der Waals surface area (Å²) >= 11 is 0. The molecular weight excluding hydrogens is 365 g/mol. The largest absolute Gasteiger partial charge is 0.494 e. The van der Waals surface area contributed by atoms with Crippen molar-refractivity contribution in [1.29, 1.82) is 0 Å². The van der Waals surface area contributed by atoms with Crippen LogP contribution in [0.25, 0.3) is 0 Å². The van der Waals surface area contributed by atoms with Gasteiger partial charge in [0, 0.05) is 26.2 Å². The molecule has 1 aromatic carbocycles. The summed E-state index contributed by atoms with van der Waals surface area (Å²) in [7, 11) is 1.74. The van der Waals surface area contributed by atoms with E-state index in [2.05, 4.69) is 4.90 Å². The molecule has 0 amide bonds. The average molecular weight is 390 g/mol. The Morgan fingerprint density at radius 2 is 2.22 bits per heavy atom. The summed E-state index contributed by atoms with van der Waals surface area (Å²) < 4.78 is 49.2. The molecule has 1 atom stereocenters. The number of carboxylic acids is 1. The first-order valence-electron chi connectivity index (χ1n) is 8.78. The number of hydrogen-bond donors (Lipinski definition) is 1. The number of hydrogen-bond acceptors (Lipinski definition) is 5. The summed E-state index contributed by atoms with van der Waals surface area (Å²) in [6.45, 7) is 3.58. The van der Waals surface area contributed by atoms with Crippen LogP contribution in [-0.2, 0) is 15.7 Å². The first-order chi connectivity index (χ1) is 12.7. The number of rotatable bonds is 9. The van der Waals surface area contributed by atoms with Gasteiger partial charge >= 0.3 is 12.1 Å². The summed E-state index contributed by atoms with van der Waals surface area (Å²) in [6.07, 6.45) is -3.77. The summed E-state index contributed by atoms with van der Waals surface area (Å²) in [4.78, 5) is 14.6. The van der Waals surface area contributed by atoms with Crippen molar-refractivity contribution in [2.75, 3.05) is 53.0 Å². The van der Waals surface area contributed by atoms with Gasteiger partial charge in [0.25, 0.3) is 0 Å². The molecule has 152 valence electrons. The van der Waals surface area contributed by atoms with Gasteiger partial charge in [0.15, 0.2) is 0 Å². The number of aliphatic carboxylic acids is 1. The fraction of sp³-hybridized carbons (Fsp3) is 0.611. The Labute approximate surface area is 156 Å². The predicted octanol–water partition coefficient (Wildman–Crippen LogP) is 2.19. The van der Waals surface area contributed by atoms with E-state index in [1.165, 1.54) is 12.1 Å². The van der Waals surface area contributed by atoms with E-state index in [4.69, 9.17) is 14.6 Å². The van der Waals surface area contributed by atoms with Crippen LogP contribution in [0.1, 0.15) is 12.0 Å². The van der Waals surface area contributed by atoms with Crippen molar-refractivity contribution in [2.24, 2.45) is 0 Å². The van der Waals surface area contributed by atoms with Gasteiger partial charge < -0.3 is 14.6 Å². The van der Waals surface area contributed by atoms with Gasteiger partial charge in [0.2, 0.25) is 0 Å². The van der Waals surface area contributed by atoms with E-state index in [1.807, 2.05) is 0 Å². The van der Waals surface area contributed by atoms with E-state index < -0.39 is 17.7 Å². The molecule has 1 aromatic rings. The van der Waals surface area contributed by atoms with Gasteiger partial charge in [-0.2, -0.15) is 13.2 Å². The Kier molecular flexibility index (Phi) is 7.88. The van der Waals surface area contributed by atoms with Crippen molar-refractivity contribution in [2.45, 2.75) is 18.7 Å². The van der Waals surface area contributed by atoms with Gasteiger partial charge in [-0.3, -0.25) is 14.6 Å². The minimum atomic E-state index is -4.38. The molecule has 1 aliphatic heterocycles. The second-order valence-electron chi connectivity index (χ2n) is 6.61. The number of ether oxygens (including phenoxy) is 2. The Bertz CT molecular complexity index is 613. The smallest absolute Gasteiger partial charge is 0.416 e. The molecule has 1 saturated heterocycles. The van der Waals surface area contributed by atoms with Gasteiger partial charge in [0.1, 0.15) is 5.75 Å². The third kappa shape index (κ3) is 7.74. The molecule has 27 heavy (non-hydrogen) atoms. The fourth-order valence-electron chi connectivity index (χ4n) is 2.98. The Morgan fingerprint density at radius 1 is 1.44 bits per heavy atom.